The maximum absolute atomic E-state index is 13.4. The van der Waals surface area contributed by atoms with Crippen molar-refractivity contribution in [2.75, 3.05) is 5.32 Å². The fraction of sp³-hybridized carbons (Fsp3) is 0.0769. The molecule has 0 amide bonds. The Kier molecular flexibility index (Phi) is 4.14. The minimum Gasteiger partial charge on any atom is -0.381 e. The lowest BCUT2D eigenvalue weighted by molar-refractivity contribution is -0.387. The van der Waals surface area contributed by atoms with Crippen molar-refractivity contribution < 1.29 is 13.7 Å². The van der Waals surface area contributed by atoms with E-state index < -0.39 is 22.2 Å². The third-order valence-electron chi connectivity index (χ3n) is 2.63. The lowest BCUT2D eigenvalue weighted by Gasteiger charge is -2.07. The van der Waals surface area contributed by atoms with Gasteiger partial charge >= 0.3 is 5.69 Å². The van der Waals surface area contributed by atoms with E-state index in [9.17, 15) is 18.9 Å². The van der Waals surface area contributed by atoms with Crippen LogP contribution in [-0.4, -0.2) is 4.92 Å². The van der Waals surface area contributed by atoms with Crippen molar-refractivity contribution in [3.8, 4) is 0 Å². The second-order valence-corrected chi connectivity index (χ2v) is 4.43. The van der Waals surface area contributed by atoms with Crippen molar-refractivity contribution in [2.45, 2.75) is 6.54 Å². The zero-order chi connectivity index (χ0) is 14.7. The monoisotopic (exact) mass is 298 g/mol. The number of anilines is 1. The number of hydrogen-bond acceptors (Lipinski definition) is 3. The first-order valence-electron chi connectivity index (χ1n) is 5.59. The summed E-state index contributed by atoms with van der Waals surface area (Å²) in [5, 5.41) is 13.3. The number of hydrogen-bond donors (Lipinski definition) is 1. The molecule has 7 heteroatoms. The topological polar surface area (TPSA) is 55.2 Å². The highest BCUT2D eigenvalue weighted by Gasteiger charge is 2.13. The van der Waals surface area contributed by atoms with Gasteiger partial charge < -0.3 is 5.32 Å². The molecule has 1 N–H and O–H groups in total. The minimum absolute atomic E-state index is 0.0233. The van der Waals surface area contributed by atoms with Crippen LogP contribution < -0.4 is 5.32 Å². The zero-order valence-electron chi connectivity index (χ0n) is 10.1. The zero-order valence-corrected chi connectivity index (χ0v) is 10.8. The summed E-state index contributed by atoms with van der Waals surface area (Å²) in [6, 6.07) is 7.78. The molecule has 4 nitrogen and oxygen atoms in total. The Morgan fingerprint density at radius 1 is 1.15 bits per heavy atom. The van der Waals surface area contributed by atoms with Crippen molar-refractivity contribution in [3.05, 3.63) is 68.7 Å². The Hall–Kier alpha value is -2.21. The smallest absolute Gasteiger partial charge is 0.304 e. The lowest BCUT2D eigenvalue weighted by atomic mass is 10.2. The fourth-order valence-corrected chi connectivity index (χ4v) is 1.74. The first kappa shape index (κ1) is 14.2. The molecule has 0 radical (unpaired) electrons. The van der Waals surface area contributed by atoms with Crippen LogP contribution in [0.5, 0.6) is 0 Å². The molecule has 0 saturated heterocycles. The van der Waals surface area contributed by atoms with Crippen molar-refractivity contribution in [1.82, 2.24) is 0 Å². The van der Waals surface area contributed by atoms with E-state index in [1.54, 1.807) is 6.07 Å². The van der Waals surface area contributed by atoms with Crippen molar-refractivity contribution >= 4 is 23.0 Å². The SMILES string of the molecule is O=[N+]([O-])c1ccc(NCc2ccc(Cl)c(F)c2)cc1F. The second kappa shape index (κ2) is 5.83. The predicted octanol–water partition coefficient (Wildman–Crippen LogP) is 4.14. The predicted molar refractivity (Wildman–Crippen MR) is 71.8 cm³/mol. The Bertz CT molecular complexity index is 665. The maximum Gasteiger partial charge on any atom is 0.304 e. The molecule has 104 valence electrons. The molecule has 0 aliphatic heterocycles. The molecule has 0 atom stereocenters. The van der Waals surface area contributed by atoms with Gasteiger partial charge in [-0.2, -0.15) is 4.39 Å². The molecule has 0 fully saturated rings. The summed E-state index contributed by atoms with van der Waals surface area (Å²) in [5.41, 5.74) is 0.391. The molecule has 0 spiro atoms. The summed E-state index contributed by atoms with van der Waals surface area (Å²) in [4.78, 5) is 9.67. The third-order valence-corrected chi connectivity index (χ3v) is 2.93. The van der Waals surface area contributed by atoms with E-state index in [0.717, 1.165) is 12.1 Å². The van der Waals surface area contributed by atoms with Crippen molar-refractivity contribution in [3.63, 3.8) is 0 Å². The summed E-state index contributed by atoms with van der Waals surface area (Å²) >= 11 is 5.56. The highest BCUT2D eigenvalue weighted by Crippen LogP contribution is 2.22. The quantitative estimate of drug-likeness (QED) is 0.682. The molecule has 0 bridgehead atoms. The highest BCUT2D eigenvalue weighted by atomic mass is 35.5. The summed E-state index contributed by atoms with van der Waals surface area (Å²) in [6.45, 7) is 0.241. The molecule has 2 aromatic carbocycles. The van der Waals surface area contributed by atoms with Gasteiger partial charge in [-0.05, 0) is 23.8 Å². The van der Waals surface area contributed by atoms with Crippen molar-refractivity contribution in [2.24, 2.45) is 0 Å². The summed E-state index contributed by atoms with van der Waals surface area (Å²) in [6.07, 6.45) is 0. The van der Waals surface area contributed by atoms with E-state index in [4.69, 9.17) is 11.6 Å². The number of rotatable bonds is 4. The lowest BCUT2D eigenvalue weighted by Crippen LogP contribution is -2.01. The van der Waals surface area contributed by atoms with Crippen LogP contribution >= 0.6 is 11.6 Å². The molecule has 2 rings (SSSR count). The van der Waals surface area contributed by atoms with Gasteiger partial charge in [0.25, 0.3) is 0 Å². The molecule has 2 aromatic rings. The molecule has 0 aromatic heterocycles. The van der Waals surface area contributed by atoms with E-state index in [-0.39, 0.29) is 11.6 Å². The first-order chi connectivity index (χ1) is 9.47. The minimum atomic E-state index is -0.928. The van der Waals surface area contributed by atoms with Crippen molar-refractivity contribution in [1.29, 1.82) is 0 Å². The second-order valence-electron chi connectivity index (χ2n) is 4.03. The molecule has 0 aliphatic rings. The number of halogens is 3. The molecular formula is C13H9ClF2N2O2. The van der Waals surface area contributed by atoms with Crippen LogP contribution in [0.4, 0.5) is 20.2 Å². The first-order valence-corrected chi connectivity index (χ1v) is 5.97. The number of nitrogens with one attached hydrogen (secondary N) is 1. The number of nitrogens with zero attached hydrogens (tertiary/aromatic N) is 1. The van der Waals surface area contributed by atoms with Crippen LogP contribution in [0.3, 0.4) is 0 Å². The van der Waals surface area contributed by atoms with Gasteiger partial charge in [-0.25, -0.2) is 4.39 Å². The van der Waals surface area contributed by atoms with Gasteiger partial charge in [-0.3, -0.25) is 10.1 Å². The van der Waals surface area contributed by atoms with Crippen LogP contribution in [0.25, 0.3) is 0 Å². The van der Waals surface area contributed by atoms with Crippen LogP contribution in [0, 0.1) is 21.7 Å². The molecule has 0 unspecified atom stereocenters. The van der Waals surface area contributed by atoms with Gasteiger partial charge in [0.2, 0.25) is 5.82 Å². The van der Waals surface area contributed by atoms with Gasteiger partial charge in [0.1, 0.15) is 5.82 Å². The van der Waals surface area contributed by atoms with Crippen LogP contribution in [0.1, 0.15) is 5.56 Å². The Balaban J connectivity index is 2.09. The molecule has 0 saturated carbocycles. The third kappa shape index (κ3) is 3.21. The Morgan fingerprint density at radius 2 is 1.90 bits per heavy atom. The maximum atomic E-state index is 13.4. The van der Waals surface area contributed by atoms with E-state index in [1.807, 2.05) is 0 Å². The normalized spacial score (nSPS) is 10.3. The van der Waals surface area contributed by atoms with Gasteiger partial charge in [0.15, 0.2) is 0 Å². The van der Waals surface area contributed by atoms with Gasteiger partial charge in [-0.1, -0.05) is 17.7 Å². The number of nitro benzene ring substituents is 1. The number of benzene rings is 2. The van der Waals surface area contributed by atoms with Crippen LogP contribution in [0.2, 0.25) is 5.02 Å². The van der Waals surface area contributed by atoms with Gasteiger partial charge in [0, 0.05) is 24.4 Å². The average molecular weight is 299 g/mol. The molecule has 0 aliphatic carbocycles. The summed E-state index contributed by atoms with van der Waals surface area (Å²) in [7, 11) is 0. The molecular weight excluding hydrogens is 290 g/mol. The van der Waals surface area contributed by atoms with Crippen LogP contribution in [0.15, 0.2) is 36.4 Å². The summed E-state index contributed by atoms with van der Waals surface area (Å²) < 4.78 is 26.6. The average Bonchev–Trinajstić information content (AvgIpc) is 2.40. The standard InChI is InChI=1S/C13H9ClF2N2O2/c14-10-3-1-8(5-11(10)15)7-17-9-2-4-13(18(19)20)12(16)6-9/h1-6,17H,7H2. The molecule has 0 heterocycles. The van der Waals surface area contributed by atoms with E-state index in [1.165, 1.54) is 18.2 Å². The van der Waals surface area contributed by atoms with E-state index in [2.05, 4.69) is 5.32 Å². The van der Waals surface area contributed by atoms with Gasteiger partial charge in [-0.15, -0.1) is 0 Å². The fourth-order valence-electron chi connectivity index (χ4n) is 1.62. The highest BCUT2D eigenvalue weighted by molar-refractivity contribution is 6.30. The number of nitro groups is 1. The largest absolute Gasteiger partial charge is 0.381 e. The van der Waals surface area contributed by atoms with E-state index >= 15 is 0 Å². The molecule has 20 heavy (non-hydrogen) atoms. The summed E-state index contributed by atoms with van der Waals surface area (Å²) in [5.74, 6) is -1.47. The Morgan fingerprint density at radius 3 is 2.50 bits per heavy atom. The van der Waals surface area contributed by atoms with E-state index in [0.29, 0.717) is 11.3 Å². The van der Waals surface area contributed by atoms with Gasteiger partial charge in [0.05, 0.1) is 9.95 Å². The Labute approximate surface area is 118 Å². The van der Waals surface area contributed by atoms with Crippen LogP contribution in [-0.2, 0) is 6.54 Å².